The maximum atomic E-state index is 14.0. The molecule has 3 aromatic rings. The number of ether oxygens (including phenoxy) is 1. The third-order valence-corrected chi connectivity index (χ3v) is 10.9. The Balaban J connectivity index is 1.67. The van der Waals surface area contributed by atoms with Crippen LogP contribution in [0.5, 0.6) is 11.5 Å². The number of benzene rings is 3. The van der Waals surface area contributed by atoms with Gasteiger partial charge in [0.2, 0.25) is 0 Å². The molecule has 0 aliphatic carbocycles. The van der Waals surface area contributed by atoms with Gasteiger partial charge in [0, 0.05) is 0 Å². The van der Waals surface area contributed by atoms with Gasteiger partial charge >= 0.3 is 194 Å². The monoisotopic (exact) mass is 578 g/mol. The minimum absolute atomic E-state index is 0.00812. The van der Waals surface area contributed by atoms with Crippen molar-refractivity contribution in [3.05, 3.63) is 90.6 Å². The van der Waals surface area contributed by atoms with E-state index >= 15 is 0 Å². The molecule has 0 atom stereocenters. The summed E-state index contributed by atoms with van der Waals surface area (Å²) in [6.45, 7) is 3.89. The molecule has 0 fully saturated rings. The van der Waals surface area contributed by atoms with Crippen molar-refractivity contribution in [1.82, 2.24) is 0 Å². The van der Waals surface area contributed by atoms with Crippen LogP contribution in [-0.4, -0.2) is 12.4 Å². The fourth-order valence-electron chi connectivity index (χ4n) is 4.33. The predicted octanol–water partition coefficient (Wildman–Crippen LogP) is 7.93. The summed E-state index contributed by atoms with van der Waals surface area (Å²) in [4.78, 5) is 0. The summed E-state index contributed by atoms with van der Waals surface area (Å²) in [5.74, 6) is 1.18. The second-order valence-electron chi connectivity index (χ2n) is 8.35. The van der Waals surface area contributed by atoms with Crippen molar-refractivity contribution in [3.8, 4) is 11.5 Å². The van der Waals surface area contributed by atoms with Crippen LogP contribution in [0.25, 0.3) is 0 Å². The number of alkyl halides is 6. The Kier molecular flexibility index (Phi) is 4.85. The fraction of sp³-hybridized carbons (Fsp3) is 0.250. The first-order chi connectivity index (χ1) is 15.4. The van der Waals surface area contributed by atoms with Crippen LogP contribution in [0.15, 0.2) is 66.7 Å². The first-order valence-corrected chi connectivity index (χ1v) is 13.0. The van der Waals surface area contributed by atoms with Gasteiger partial charge < -0.3 is 0 Å². The zero-order valence-electron chi connectivity index (χ0n) is 17.3. The molecule has 3 aromatic carbocycles. The van der Waals surface area contributed by atoms with E-state index in [-0.39, 0.29) is 3.57 Å². The van der Waals surface area contributed by atoms with Crippen molar-refractivity contribution < 1.29 is 34.1 Å². The molecule has 2 aliphatic rings. The molecule has 0 saturated carbocycles. The summed E-state index contributed by atoms with van der Waals surface area (Å²) >= 11 is -3.58. The number of halogens is 7. The molecule has 0 N–H and O–H groups in total. The van der Waals surface area contributed by atoms with Crippen molar-refractivity contribution >= 4 is 20.2 Å². The second kappa shape index (κ2) is 7.11. The molecule has 0 aromatic heterocycles. The fourth-order valence-corrected chi connectivity index (χ4v) is 9.61. The molecular weight excluding hydrogens is 561 g/mol. The average molecular weight is 578 g/mol. The van der Waals surface area contributed by atoms with Crippen molar-refractivity contribution in [1.29, 1.82) is 0 Å². The molecule has 0 bridgehead atoms. The van der Waals surface area contributed by atoms with E-state index in [1.807, 2.05) is 38.1 Å². The molecule has 5 rings (SSSR count). The van der Waals surface area contributed by atoms with Gasteiger partial charge in [-0.25, -0.2) is 0 Å². The van der Waals surface area contributed by atoms with E-state index in [1.165, 1.54) is 24.3 Å². The van der Waals surface area contributed by atoms with Crippen LogP contribution >= 0.6 is 20.2 Å². The molecule has 0 amide bonds. The Morgan fingerprint density at radius 1 is 0.697 bits per heavy atom. The van der Waals surface area contributed by atoms with E-state index in [0.29, 0.717) is 20.6 Å². The van der Waals surface area contributed by atoms with Crippen molar-refractivity contribution in [2.45, 2.75) is 37.2 Å². The first kappa shape index (κ1) is 22.5. The molecule has 2 heterocycles. The van der Waals surface area contributed by atoms with E-state index in [1.54, 1.807) is 12.1 Å². The van der Waals surface area contributed by atoms with Gasteiger partial charge in [0.25, 0.3) is 0 Å². The number of hydrogen-bond donors (Lipinski definition) is 0. The number of rotatable bonds is 1. The normalized spacial score (nSPS) is 19.3. The molecule has 0 spiro atoms. The minimum atomic E-state index is -5.66. The van der Waals surface area contributed by atoms with E-state index in [2.05, 4.69) is 0 Å². The Hall–Kier alpha value is -2.27. The Morgan fingerprint density at radius 2 is 1.27 bits per heavy atom. The molecule has 174 valence electrons. The van der Waals surface area contributed by atoms with Crippen LogP contribution in [0.4, 0.5) is 26.3 Å². The Labute approximate surface area is 193 Å². The van der Waals surface area contributed by atoms with Gasteiger partial charge in [-0.2, -0.15) is 0 Å². The van der Waals surface area contributed by atoms with E-state index in [9.17, 15) is 26.3 Å². The zero-order chi connectivity index (χ0) is 23.8. The molecule has 2 aliphatic heterocycles. The van der Waals surface area contributed by atoms with Gasteiger partial charge in [-0.3, -0.25) is 0 Å². The van der Waals surface area contributed by atoms with Crippen LogP contribution in [0.2, 0.25) is 0 Å². The quantitative estimate of drug-likeness (QED) is 0.216. The van der Waals surface area contributed by atoms with Crippen LogP contribution in [0.3, 0.4) is 0 Å². The molecule has 0 saturated heterocycles. The van der Waals surface area contributed by atoms with Crippen molar-refractivity contribution in [2.24, 2.45) is 0 Å². The van der Waals surface area contributed by atoms with Gasteiger partial charge in [-0.15, -0.1) is 0 Å². The van der Waals surface area contributed by atoms with Crippen LogP contribution in [-0.2, 0) is 14.1 Å². The topological polar surface area (TPSA) is 18.5 Å². The number of hydrogen-bond acceptors (Lipinski definition) is 2. The summed E-state index contributed by atoms with van der Waals surface area (Å²) in [5, 5.41) is 0. The van der Waals surface area contributed by atoms with E-state index < -0.39 is 49.2 Å². The summed E-state index contributed by atoms with van der Waals surface area (Å²) in [7, 11) is 0. The predicted molar refractivity (Wildman–Crippen MR) is 118 cm³/mol. The third kappa shape index (κ3) is 3.11. The molecular formula is C24H17F6IO2. The Morgan fingerprint density at radius 3 is 1.94 bits per heavy atom. The molecule has 33 heavy (non-hydrogen) atoms. The van der Waals surface area contributed by atoms with Crippen LogP contribution in [0, 0.1) is 7.14 Å². The van der Waals surface area contributed by atoms with Crippen molar-refractivity contribution in [2.75, 3.05) is 0 Å². The summed E-state index contributed by atoms with van der Waals surface area (Å²) < 4.78 is 95.4. The van der Waals surface area contributed by atoms with Crippen molar-refractivity contribution in [3.63, 3.8) is 0 Å². The van der Waals surface area contributed by atoms with Crippen LogP contribution < -0.4 is 4.74 Å². The molecule has 0 unspecified atom stereocenters. The van der Waals surface area contributed by atoms with Gasteiger partial charge in [0.05, 0.1) is 0 Å². The Bertz CT molecular complexity index is 1230. The summed E-state index contributed by atoms with van der Waals surface area (Å²) in [6.07, 6.45) is -11.3. The molecule has 2 nitrogen and oxygen atoms in total. The second-order valence-corrected chi connectivity index (χ2v) is 12.6. The van der Waals surface area contributed by atoms with E-state index in [4.69, 9.17) is 7.80 Å². The summed E-state index contributed by atoms with van der Waals surface area (Å²) in [5.41, 5.74) is -4.20. The van der Waals surface area contributed by atoms with Gasteiger partial charge in [0.1, 0.15) is 0 Å². The molecule has 9 heteroatoms. The third-order valence-electron chi connectivity index (χ3n) is 6.02. The average Bonchev–Trinajstić information content (AvgIpc) is 3.11. The standard InChI is InChI=1S/C24H17F6IO2/c1-21(2)16-8-4-6-10-19(16)32-20-12-11-14(13-17(20)21)31-18-9-5-3-7-15(18)22(33-31,23(25,26)27)24(28,29)30/h3-13H,1-2H3. The zero-order valence-corrected chi connectivity index (χ0v) is 19.5. The molecule has 0 radical (unpaired) electrons. The van der Waals surface area contributed by atoms with Gasteiger partial charge in [-0.1, -0.05) is 0 Å². The number of fused-ring (bicyclic) bond motifs is 3. The van der Waals surface area contributed by atoms with Gasteiger partial charge in [-0.05, 0) is 0 Å². The summed E-state index contributed by atoms with van der Waals surface area (Å²) in [6, 6.07) is 17.0. The maximum absolute atomic E-state index is 14.0. The van der Waals surface area contributed by atoms with Crippen LogP contribution in [0.1, 0.15) is 30.5 Å². The number of para-hydroxylation sites is 1. The van der Waals surface area contributed by atoms with E-state index in [0.717, 1.165) is 11.6 Å². The van der Waals surface area contributed by atoms with Gasteiger partial charge in [0.15, 0.2) is 0 Å². The first-order valence-electron chi connectivity index (χ1n) is 9.92. The SMILES string of the molecule is CC1(C)c2ccccc2Oc2ccc(I3OC(C(F)(F)F)(C(F)(F)F)c4ccccc43)cc21.